The molecule has 6 N–H and O–H groups in total. The predicted molar refractivity (Wildman–Crippen MR) is 166 cm³/mol. The van der Waals surface area contributed by atoms with Crippen LogP contribution in [0.2, 0.25) is 0 Å². The van der Waals surface area contributed by atoms with Crippen LogP contribution in [0.4, 0.5) is 4.79 Å². The molecule has 5 rings (SSSR count). The quantitative estimate of drug-likeness (QED) is 0.105. The average molecular weight is 596 g/mol. The van der Waals surface area contributed by atoms with E-state index in [1.54, 1.807) is 12.1 Å². The fourth-order valence-corrected chi connectivity index (χ4v) is 4.95. The lowest BCUT2D eigenvalue weighted by atomic mass is 9.99. The molecule has 0 aliphatic carbocycles. The number of aromatic nitrogens is 1. The number of carbonyl (C=O) groups is 1. The molecular weight excluding hydrogens is 562 g/mol. The Morgan fingerprint density at radius 3 is 2.30 bits per heavy atom. The number of aliphatic hydroxyl groups is 1. The Kier molecular flexibility index (Phi) is 9.75. The van der Waals surface area contributed by atoms with Gasteiger partial charge in [0.15, 0.2) is 0 Å². The summed E-state index contributed by atoms with van der Waals surface area (Å²) >= 11 is 0. The Morgan fingerprint density at radius 2 is 1.55 bits per heavy atom. The largest absolute Gasteiger partial charge is 0.506 e. The zero-order valence-electron chi connectivity index (χ0n) is 23.8. The first-order valence-electron chi connectivity index (χ1n) is 14.1. The van der Waals surface area contributed by atoms with E-state index < -0.39 is 18.2 Å². The van der Waals surface area contributed by atoms with Crippen LogP contribution in [0.3, 0.4) is 0 Å². The summed E-state index contributed by atoms with van der Waals surface area (Å²) in [4.78, 5) is 25.6. The number of phenolic OH excluding ortho intramolecular Hbond substituents is 1. The number of fused-ring (bicyclic) bond motifs is 1. The van der Waals surface area contributed by atoms with Crippen molar-refractivity contribution < 1.29 is 29.6 Å². The van der Waals surface area contributed by atoms with E-state index in [0.717, 1.165) is 16.7 Å². The van der Waals surface area contributed by atoms with Crippen LogP contribution in [0, 0.1) is 0 Å². The van der Waals surface area contributed by atoms with Gasteiger partial charge in [-0.3, -0.25) is 4.79 Å². The van der Waals surface area contributed by atoms with E-state index in [-0.39, 0.29) is 17.9 Å². The fourth-order valence-electron chi connectivity index (χ4n) is 4.95. The molecule has 1 amide bonds. The number of carboxylic acid groups (broad SMARTS) is 1. The van der Waals surface area contributed by atoms with Crippen LogP contribution in [0.1, 0.15) is 34.4 Å². The third-order valence-electron chi connectivity index (χ3n) is 7.07. The van der Waals surface area contributed by atoms with Crippen molar-refractivity contribution in [1.29, 1.82) is 0 Å². The molecule has 0 radical (unpaired) electrons. The summed E-state index contributed by atoms with van der Waals surface area (Å²) in [5.41, 5.74) is 3.17. The normalized spacial score (nSPS) is 12.4. The number of hydrogen-bond acceptors (Lipinski definition) is 7. The molecule has 0 bridgehead atoms. The Hall–Kier alpha value is -5.32. The summed E-state index contributed by atoms with van der Waals surface area (Å²) in [5.74, 6) is 1.24. The van der Waals surface area contributed by atoms with Gasteiger partial charge < -0.3 is 40.4 Å². The second kappa shape index (κ2) is 14.2. The van der Waals surface area contributed by atoms with Crippen LogP contribution in [-0.2, 0) is 6.54 Å². The van der Waals surface area contributed by atoms with Crippen LogP contribution in [0.15, 0.2) is 108 Å². The molecule has 44 heavy (non-hydrogen) atoms. The van der Waals surface area contributed by atoms with E-state index in [1.165, 1.54) is 12.1 Å². The Morgan fingerprint density at radius 1 is 0.818 bits per heavy atom. The first-order chi connectivity index (χ1) is 21.4. The molecule has 0 aliphatic heterocycles. The number of aliphatic hydroxyl groups excluding tert-OH is 1. The molecule has 1 aromatic heterocycles. The summed E-state index contributed by atoms with van der Waals surface area (Å²) < 4.78 is 11.7. The highest BCUT2D eigenvalue weighted by Crippen LogP contribution is 2.29. The second-order valence-electron chi connectivity index (χ2n) is 10.1. The predicted octanol–water partition coefficient (Wildman–Crippen LogP) is 4.87. The molecule has 0 saturated heterocycles. The maximum absolute atomic E-state index is 11.6. The van der Waals surface area contributed by atoms with Crippen molar-refractivity contribution in [2.75, 3.05) is 19.8 Å². The molecule has 2 atom stereocenters. The third-order valence-corrected chi connectivity index (χ3v) is 7.07. The molecule has 10 nitrogen and oxygen atoms in total. The topological polar surface area (TPSA) is 153 Å². The SMILES string of the molecule is O=C(O)NC(c1ccccc1)c1cccc(OCCOc2ccc(CNC[C@@H](O)c3ccc(O)c4[nH]c(=O)ccc34)cc2)c1. The molecule has 226 valence electrons. The third kappa shape index (κ3) is 7.74. The van der Waals surface area contributed by atoms with Crippen molar-refractivity contribution >= 4 is 17.0 Å². The minimum atomic E-state index is -1.11. The van der Waals surface area contributed by atoms with Crippen molar-refractivity contribution in [1.82, 2.24) is 15.6 Å². The zero-order chi connectivity index (χ0) is 30.9. The lowest BCUT2D eigenvalue weighted by Gasteiger charge is -2.19. The smallest absolute Gasteiger partial charge is 0.405 e. The van der Waals surface area contributed by atoms with E-state index in [4.69, 9.17) is 9.47 Å². The highest BCUT2D eigenvalue weighted by atomic mass is 16.5. The van der Waals surface area contributed by atoms with Crippen LogP contribution in [0.25, 0.3) is 10.9 Å². The lowest BCUT2D eigenvalue weighted by molar-refractivity contribution is 0.176. The minimum Gasteiger partial charge on any atom is -0.506 e. The van der Waals surface area contributed by atoms with Gasteiger partial charge in [0.05, 0.1) is 17.7 Å². The number of hydrogen-bond donors (Lipinski definition) is 6. The summed E-state index contributed by atoms with van der Waals surface area (Å²) in [5, 5.41) is 36.5. The van der Waals surface area contributed by atoms with Crippen LogP contribution >= 0.6 is 0 Å². The van der Waals surface area contributed by atoms with E-state index in [0.29, 0.717) is 47.7 Å². The van der Waals surface area contributed by atoms with Crippen molar-refractivity contribution in [2.24, 2.45) is 0 Å². The highest BCUT2D eigenvalue weighted by molar-refractivity contribution is 5.87. The summed E-state index contributed by atoms with van der Waals surface area (Å²) in [6.07, 6.45) is -1.95. The van der Waals surface area contributed by atoms with Gasteiger partial charge in [-0.05, 0) is 58.7 Å². The second-order valence-corrected chi connectivity index (χ2v) is 10.1. The molecule has 0 fully saturated rings. The number of benzene rings is 4. The standard InChI is InChI=1S/C34H33N3O7/c38-29-15-13-27(28-14-16-31(40)36-33(28)29)30(39)21-35-20-22-9-11-25(12-10-22)43-17-18-44-26-8-4-7-24(19-26)32(37-34(41)42)23-5-2-1-3-6-23/h1-16,19,30,32,35,37-39H,17-18,20-21H2,(H,36,40)(H,41,42)/t30-,32?/m1/s1. The van der Waals surface area contributed by atoms with Gasteiger partial charge in [0.25, 0.3) is 0 Å². The van der Waals surface area contributed by atoms with Crippen molar-refractivity contribution in [2.45, 2.75) is 18.7 Å². The molecule has 10 heteroatoms. The minimum absolute atomic E-state index is 0.0489. The van der Waals surface area contributed by atoms with E-state index >= 15 is 0 Å². The number of H-pyrrole nitrogens is 1. The molecule has 4 aromatic carbocycles. The number of phenols is 1. The van der Waals surface area contributed by atoms with Crippen LogP contribution < -0.4 is 25.7 Å². The maximum Gasteiger partial charge on any atom is 0.405 e. The lowest BCUT2D eigenvalue weighted by Crippen LogP contribution is -2.27. The molecule has 0 spiro atoms. The molecule has 1 unspecified atom stereocenters. The number of pyridine rings is 1. The van der Waals surface area contributed by atoms with Crippen molar-refractivity contribution in [3.8, 4) is 17.2 Å². The van der Waals surface area contributed by atoms with Gasteiger partial charge in [0.1, 0.15) is 30.5 Å². The molecular formula is C34H33N3O7. The van der Waals surface area contributed by atoms with E-state index in [2.05, 4.69) is 15.6 Å². The highest BCUT2D eigenvalue weighted by Gasteiger charge is 2.17. The number of amides is 1. The van der Waals surface area contributed by atoms with Gasteiger partial charge >= 0.3 is 6.09 Å². The van der Waals surface area contributed by atoms with Crippen molar-refractivity contribution in [3.63, 3.8) is 0 Å². The van der Waals surface area contributed by atoms with Crippen molar-refractivity contribution in [3.05, 3.63) is 136 Å². The zero-order valence-corrected chi connectivity index (χ0v) is 23.8. The number of rotatable bonds is 13. The number of aromatic hydroxyl groups is 1. The molecule has 0 saturated carbocycles. The number of nitrogens with one attached hydrogen (secondary N) is 3. The van der Waals surface area contributed by atoms with Crippen LogP contribution in [0.5, 0.6) is 17.2 Å². The van der Waals surface area contributed by atoms with E-state index in [1.807, 2.05) is 78.9 Å². The fraction of sp³-hybridized carbons (Fsp3) is 0.176. The first kappa shape index (κ1) is 30.1. The van der Waals surface area contributed by atoms with E-state index in [9.17, 15) is 24.9 Å². The van der Waals surface area contributed by atoms with Gasteiger partial charge in [0.2, 0.25) is 5.56 Å². The monoisotopic (exact) mass is 595 g/mol. The summed E-state index contributed by atoms with van der Waals surface area (Å²) in [6, 6.07) is 29.8. The van der Waals surface area contributed by atoms with Gasteiger partial charge in [-0.15, -0.1) is 0 Å². The van der Waals surface area contributed by atoms with Gasteiger partial charge in [-0.25, -0.2) is 4.79 Å². The molecule has 0 aliphatic rings. The first-order valence-corrected chi connectivity index (χ1v) is 14.1. The van der Waals surface area contributed by atoms with Crippen LogP contribution in [-0.4, -0.2) is 46.2 Å². The Balaban J connectivity index is 1.08. The molecule has 1 heterocycles. The Labute approximate surface area is 253 Å². The Bertz CT molecular complexity index is 1760. The summed E-state index contributed by atoms with van der Waals surface area (Å²) in [6.45, 7) is 1.40. The summed E-state index contributed by atoms with van der Waals surface area (Å²) in [7, 11) is 0. The van der Waals surface area contributed by atoms with Gasteiger partial charge in [-0.1, -0.05) is 60.7 Å². The molecule has 5 aromatic rings. The maximum atomic E-state index is 11.6. The average Bonchev–Trinajstić information content (AvgIpc) is 3.03. The van der Waals surface area contributed by atoms with Gasteiger partial charge in [0, 0.05) is 24.5 Å². The number of aromatic amines is 1. The number of ether oxygens (including phenoxy) is 2. The van der Waals surface area contributed by atoms with Gasteiger partial charge in [-0.2, -0.15) is 0 Å².